The van der Waals surface area contributed by atoms with E-state index in [1.54, 1.807) is 11.3 Å². The molecular weight excluding hydrogens is 240 g/mol. The highest BCUT2D eigenvalue weighted by atomic mass is 35.5. The quantitative estimate of drug-likeness (QED) is 0.504. The summed E-state index contributed by atoms with van der Waals surface area (Å²) >= 11 is 7.26. The lowest BCUT2D eigenvalue weighted by Gasteiger charge is -2.00. The van der Waals surface area contributed by atoms with Crippen molar-refractivity contribution in [3.8, 4) is 11.1 Å². The van der Waals surface area contributed by atoms with E-state index in [0.29, 0.717) is 5.84 Å². The fourth-order valence-corrected chi connectivity index (χ4v) is 2.10. The van der Waals surface area contributed by atoms with E-state index in [1.807, 2.05) is 18.2 Å². The van der Waals surface area contributed by atoms with Gasteiger partial charge in [0, 0.05) is 0 Å². The minimum absolute atomic E-state index is 0.253. The van der Waals surface area contributed by atoms with Crippen molar-refractivity contribution in [3.63, 3.8) is 0 Å². The average molecular weight is 251 g/mol. The monoisotopic (exact) mass is 250 g/mol. The van der Waals surface area contributed by atoms with Gasteiger partial charge in [-0.2, -0.15) is 11.3 Å². The van der Waals surface area contributed by atoms with Crippen LogP contribution in [0, 0.1) is 0 Å². The number of benzene rings is 1. The van der Waals surface area contributed by atoms with E-state index < -0.39 is 0 Å². The zero-order valence-corrected chi connectivity index (χ0v) is 10.1. The maximum absolute atomic E-state index is 5.59. The second kappa shape index (κ2) is 5.14. The van der Waals surface area contributed by atoms with Crippen molar-refractivity contribution in [2.45, 2.75) is 0 Å². The predicted molar refractivity (Wildman–Crippen MR) is 71.8 cm³/mol. The van der Waals surface area contributed by atoms with Gasteiger partial charge in [0.1, 0.15) is 5.84 Å². The summed E-state index contributed by atoms with van der Waals surface area (Å²) in [6, 6.07) is 10.0. The number of hydrogen-bond donors (Lipinski definition) is 1. The van der Waals surface area contributed by atoms with Crippen molar-refractivity contribution in [1.29, 1.82) is 0 Å². The molecule has 2 rings (SSSR count). The van der Waals surface area contributed by atoms with Crippen molar-refractivity contribution in [2.24, 2.45) is 10.7 Å². The number of nitrogens with two attached hydrogens (primary N) is 1. The molecule has 4 heteroatoms. The van der Waals surface area contributed by atoms with Gasteiger partial charge >= 0.3 is 0 Å². The van der Waals surface area contributed by atoms with Gasteiger partial charge < -0.3 is 5.73 Å². The SMILES string of the molecule is NC(CCl)=Nc1cccc(-c2ccsc2)c1. The maximum atomic E-state index is 5.59. The fourth-order valence-electron chi connectivity index (χ4n) is 1.38. The molecule has 82 valence electrons. The molecule has 0 fully saturated rings. The Hall–Kier alpha value is -1.32. The number of thiophene rings is 1. The Balaban J connectivity index is 2.34. The summed E-state index contributed by atoms with van der Waals surface area (Å²) in [5, 5.41) is 4.16. The lowest BCUT2D eigenvalue weighted by molar-refractivity contribution is 1.45. The van der Waals surface area contributed by atoms with Gasteiger partial charge in [0.25, 0.3) is 0 Å². The van der Waals surface area contributed by atoms with E-state index in [9.17, 15) is 0 Å². The molecule has 0 aliphatic heterocycles. The minimum Gasteiger partial charge on any atom is -0.386 e. The molecule has 1 heterocycles. The van der Waals surface area contributed by atoms with Gasteiger partial charge in [0.05, 0.1) is 11.6 Å². The Labute approximate surface area is 103 Å². The summed E-state index contributed by atoms with van der Waals surface area (Å²) in [4.78, 5) is 4.21. The molecule has 2 aromatic rings. The van der Waals surface area contributed by atoms with Gasteiger partial charge in [-0.1, -0.05) is 12.1 Å². The van der Waals surface area contributed by atoms with Gasteiger partial charge in [-0.25, -0.2) is 4.99 Å². The molecule has 0 saturated carbocycles. The Morgan fingerprint density at radius 1 is 1.31 bits per heavy atom. The molecule has 16 heavy (non-hydrogen) atoms. The van der Waals surface area contributed by atoms with Crippen LogP contribution in [0.4, 0.5) is 5.69 Å². The van der Waals surface area contributed by atoms with E-state index >= 15 is 0 Å². The predicted octanol–water partition coefficient (Wildman–Crippen LogP) is 3.64. The molecule has 0 aliphatic rings. The third-order valence-corrected chi connectivity index (χ3v) is 3.07. The van der Waals surface area contributed by atoms with Crippen molar-refractivity contribution >= 4 is 34.5 Å². The number of hydrogen-bond acceptors (Lipinski definition) is 2. The summed E-state index contributed by atoms with van der Waals surface area (Å²) in [7, 11) is 0. The highest BCUT2D eigenvalue weighted by Crippen LogP contribution is 2.25. The molecule has 0 unspecified atom stereocenters. The fraction of sp³-hybridized carbons (Fsp3) is 0.0833. The van der Waals surface area contributed by atoms with Crippen LogP contribution in [0.15, 0.2) is 46.1 Å². The molecule has 0 spiro atoms. The second-order valence-corrected chi connectivity index (χ2v) is 4.35. The zero-order chi connectivity index (χ0) is 11.4. The standard InChI is InChI=1S/C12H11ClN2S/c13-7-12(14)15-11-3-1-2-9(6-11)10-4-5-16-8-10/h1-6,8H,7H2,(H2,14,15). The molecule has 2 N–H and O–H groups in total. The molecule has 0 amide bonds. The highest BCUT2D eigenvalue weighted by Gasteiger charge is 1.99. The van der Waals surface area contributed by atoms with Crippen molar-refractivity contribution in [3.05, 3.63) is 41.1 Å². The van der Waals surface area contributed by atoms with E-state index in [4.69, 9.17) is 17.3 Å². The largest absolute Gasteiger partial charge is 0.386 e. The number of halogens is 1. The van der Waals surface area contributed by atoms with E-state index in [-0.39, 0.29) is 5.88 Å². The van der Waals surface area contributed by atoms with Crippen LogP contribution in [-0.2, 0) is 0 Å². The van der Waals surface area contributed by atoms with Crippen LogP contribution in [0.3, 0.4) is 0 Å². The summed E-state index contributed by atoms with van der Waals surface area (Å²) in [5.41, 5.74) is 8.77. The Morgan fingerprint density at radius 3 is 2.88 bits per heavy atom. The van der Waals surface area contributed by atoms with E-state index in [1.165, 1.54) is 5.56 Å². The Kier molecular flexibility index (Phi) is 3.59. The summed E-state index contributed by atoms with van der Waals surface area (Å²) in [6.45, 7) is 0. The molecule has 0 saturated heterocycles. The number of nitrogens with zero attached hydrogens (tertiary/aromatic N) is 1. The Morgan fingerprint density at radius 2 is 2.19 bits per heavy atom. The van der Waals surface area contributed by atoms with E-state index in [2.05, 4.69) is 27.9 Å². The third-order valence-electron chi connectivity index (χ3n) is 2.11. The first-order chi connectivity index (χ1) is 7.79. The molecule has 1 aromatic heterocycles. The van der Waals surface area contributed by atoms with Crippen LogP contribution >= 0.6 is 22.9 Å². The van der Waals surface area contributed by atoms with Gasteiger partial charge in [-0.3, -0.25) is 0 Å². The molecule has 0 aliphatic carbocycles. The summed E-state index contributed by atoms with van der Waals surface area (Å²) in [6.07, 6.45) is 0. The first-order valence-electron chi connectivity index (χ1n) is 4.81. The van der Waals surface area contributed by atoms with Crippen LogP contribution in [0.5, 0.6) is 0 Å². The van der Waals surface area contributed by atoms with E-state index in [0.717, 1.165) is 11.3 Å². The summed E-state index contributed by atoms with van der Waals surface area (Å²) < 4.78 is 0. The first kappa shape index (κ1) is 11.2. The van der Waals surface area contributed by atoms with Crippen molar-refractivity contribution in [1.82, 2.24) is 0 Å². The van der Waals surface area contributed by atoms with Crippen LogP contribution in [0.2, 0.25) is 0 Å². The molecule has 1 aromatic carbocycles. The number of amidine groups is 1. The topological polar surface area (TPSA) is 38.4 Å². The van der Waals surface area contributed by atoms with Crippen LogP contribution in [-0.4, -0.2) is 11.7 Å². The first-order valence-corrected chi connectivity index (χ1v) is 6.29. The maximum Gasteiger partial charge on any atom is 0.115 e. The molecule has 0 radical (unpaired) electrons. The zero-order valence-electron chi connectivity index (χ0n) is 8.56. The number of aliphatic imine (C=N–C) groups is 1. The van der Waals surface area contributed by atoms with Gasteiger partial charge in [-0.05, 0) is 40.1 Å². The summed E-state index contributed by atoms with van der Waals surface area (Å²) in [5.74, 6) is 0.687. The molecule has 2 nitrogen and oxygen atoms in total. The second-order valence-electron chi connectivity index (χ2n) is 3.30. The highest BCUT2D eigenvalue weighted by molar-refractivity contribution is 7.08. The lowest BCUT2D eigenvalue weighted by atomic mass is 10.1. The van der Waals surface area contributed by atoms with Crippen LogP contribution in [0.25, 0.3) is 11.1 Å². The normalized spacial score (nSPS) is 11.7. The molecular formula is C12H11ClN2S. The van der Waals surface area contributed by atoms with Crippen LogP contribution < -0.4 is 5.73 Å². The third kappa shape index (κ3) is 2.62. The average Bonchev–Trinajstić information content (AvgIpc) is 2.83. The van der Waals surface area contributed by atoms with Gasteiger partial charge in [-0.15, -0.1) is 11.6 Å². The minimum atomic E-state index is 0.253. The van der Waals surface area contributed by atoms with Crippen molar-refractivity contribution < 1.29 is 0 Å². The lowest BCUT2D eigenvalue weighted by Crippen LogP contribution is -2.12. The van der Waals surface area contributed by atoms with Gasteiger partial charge in [0.15, 0.2) is 0 Å². The smallest absolute Gasteiger partial charge is 0.115 e. The molecule has 0 bridgehead atoms. The van der Waals surface area contributed by atoms with Gasteiger partial charge in [0.2, 0.25) is 0 Å². The number of rotatable bonds is 3. The Bertz CT molecular complexity index is 491. The number of alkyl halides is 1. The van der Waals surface area contributed by atoms with Crippen LogP contribution in [0.1, 0.15) is 0 Å². The molecule has 0 atom stereocenters. The van der Waals surface area contributed by atoms with Crippen molar-refractivity contribution in [2.75, 3.05) is 5.88 Å².